The molecule has 2 saturated heterocycles. The Morgan fingerprint density at radius 2 is 1.81 bits per heavy atom. The Bertz CT molecular complexity index is 723. The number of hydrogen-bond acceptors (Lipinski definition) is 4. The van der Waals surface area contributed by atoms with Crippen molar-refractivity contribution in [2.75, 3.05) is 39.4 Å². The third-order valence-corrected chi connectivity index (χ3v) is 6.04. The van der Waals surface area contributed by atoms with Gasteiger partial charge in [0.15, 0.2) is 5.78 Å². The molecule has 1 amide bonds. The summed E-state index contributed by atoms with van der Waals surface area (Å²) in [6.07, 6.45) is 2.02. The quantitative estimate of drug-likeness (QED) is 0.763. The Labute approximate surface area is 162 Å². The highest BCUT2D eigenvalue weighted by Crippen LogP contribution is 2.27. The average Bonchev–Trinajstić information content (AvgIpc) is 2.65. The number of morpholine rings is 1. The number of benzene rings is 1. The molecule has 0 N–H and O–H groups in total. The van der Waals surface area contributed by atoms with Crippen molar-refractivity contribution in [3.05, 3.63) is 33.9 Å². The van der Waals surface area contributed by atoms with Gasteiger partial charge in [0.1, 0.15) is 0 Å². The summed E-state index contributed by atoms with van der Waals surface area (Å²) in [6.45, 7) is 13.2. The molecule has 2 aliphatic heterocycles. The normalized spacial score (nSPS) is 21.3. The summed E-state index contributed by atoms with van der Waals surface area (Å²) in [6, 6.07) is 2.12. The SMILES string of the molecule is CC(=O)c1c(C)cc(C)c(CN2CCCC(C(=O)N3CCOCC3)C2)c1C. The molecular weight excluding hydrogens is 340 g/mol. The van der Waals surface area contributed by atoms with E-state index in [1.165, 1.54) is 11.1 Å². The van der Waals surface area contributed by atoms with Crippen molar-refractivity contribution in [1.82, 2.24) is 9.80 Å². The fraction of sp³-hybridized carbons (Fsp3) is 0.636. The standard InChI is InChI=1S/C22H32N2O3/c1-15-12-16(2)21(18(4)25)17(3)20(15)14-23-7-5-6-19(13-23)22(26)24-8-10-27-11-9-24/h12,19H,5-11,13-14H2,1-4H3. The van der Waals surface area contributed by atoms with Crippen LogP contribution in [-0.2, 0) is 16.1 Å². The van der Waals surface area contributed by atoms with Crippen molar-refractivity contribution < 1.29 is 14.3 Å². The first-order valence-corrected chi connectivity index (χ1v) is 10.1. The van der Waals surface area contributed by atoms with Crippen LogP contribution in [0, 0.1) is 26.7 Å². The molecule has 1 aromatic carbocycles. The molecule has 2 aliphatic rings. The van der Waals surface area contributed by atoms with Crippen molar-refractivity contribution in [1.29, 1.82) is 0 Å². The average molecular weight is 373 g/mol. The van der Waals surface area contributed by atoms with Crippen molar-refractivity contribution in [3.8, 4) is 0 Å². The number of carbonyl (C=O) groups excluding carboxylic acids is 2. The number of ether oxygens (including phenoxy) is 1. The maximum absolute atomic E-state index is 12.9. The van der Waals surface area contributed by atoms with Crippen LogP contribution < -0.4 is 0 Å². The lowest BCUT2D eigenvalue weighted by atomic mass is 9.90. The molecule has 0 radical (unpaired) electrons. The molecule has 0 aliphatic carbocycles. The fourth-order valence-electron chi connectivity index (χ4n) is 4.68. The Balaban J connectivity index is 1.73. The van der Waals surface area contributed by atoms with E-state index in [1.807, 2.05) is 11.8 Å². The highest BCUT2D eigenvalue weighted by atomic mass is 16.5. The van der Waals surface area contributed by atoms with E-state index in [2.05, 4.69) is 24.8 Å². The summed E-state index contributed by atoms with van der Waals surface area (Å²) in [7, 11) is 0. The Kier molecular flexibility index (Phi) is 6.33. The largest absolute Gasteiger partial charge is 0.378 e. The summed E-state index contributed by atoms with van der Waals surface area (Å²) in [5, 5.41) is 0. The molecule has 0 aromatic heterocycles. The molecule has 5 heteroatoms. The summed E-state index contributed by atoms with van der Waals surface area (Å²) in [5.41, 5.74) is 5.48. The number of amides is 1. The molecule has 0 saturated carbocycles. The second kappa shape index (κ2) is 8.53. The number of rotatable bonds is 4. The first-order valence-electron chi connectivity index (χ1n) is 10.1. The van der Waals surface area contributed by atoms with Gasteiger partial charge in [-0.15, -0.1) is 0 Å². The Hall–Kier alpha value is -1.72. The van der Waals surface area contributed by atoms with Crippen LogP contribution in [0.5, 0.6) is 0 Å². The number of nitrogens with zero attached hydrogens (tertiary/aromatic N) is 2. The van der Waals surface area contributed by atoms with Gasteiger partial charge in [-0.3, -0.25) is 14.5 Å². The molecule has 2 fully saturated rings. The van der Waals surface area contributed by atoms with E-state index in [4.69, 9.17) is 4.74 Å². The van der Waals surface area contributed by atoms with E-state index >= 15 is 0 Å². The molecule has 1 atom stereocenters. The zero-order valence-corrected chi connectivity index (χ0v) is 17.1. The van der Waals surface area contributed by atoms with E-state index < -0.39 is 0 Å². The first kappa shape index (κ1) is 20.0. The van der Waals surface area contributed by atoms with Crippen LogP contribution in [0.15, 0.2) is 6.07 Å². The number of aryl methyl sites for hydroxylation is 2. The molecule has 2 heterocycles. The van der Waals surface area contributed by atoms with Crippen molar-refractivity contribution >= 4 is 11.7 Å². The van der Waals surface area contributed by atoms with E-state index in [9.17, 15) is 9.59 Å². The second-order valence-corrected chi connectivity index (χ2v) is 8.06. The van der Waals surface area contributed by atoms with Crippen LogP contribution in [0.1, 0.15) is 52.4 Å². The lowest BCUT2D eigenvalue weighted by Crippen LogP contribution is -2.48. The smallest absolute Gasteiger partial charge is 0.227 e. The van der Waals surface area contributed by atoms with E-state index in [-0.39, 0.29) is 17.6 Å². The fourth-order valence-corrected chi connectivity index (χ4v) is 4.68. The summed E-state index contributed by atoms with van der Waals surface area (Å²) in [5.74, 6) is 0.491. The number of likely N-dealkylation sites (tertiary alicyclic amines) is 1. The maximum Gasteiger partial charge on any atom is 0.227 e. The van der Waals surface area contributed by atoms with Crippen LogP contribution in [-0.4, -0.2) is 60.9 Å². The van der Waals surface area contributed by atoms with Gasteiger partial charge >= 0.3 is 0 Å². The molecule has 3 rings (SSSR count). The van der Waals surface area contributed by atoms with Crippen LogP contribution in [0.25, 0.3) is 0 Å². The van der Waals surface area contributed by atoms with Gasteiger partial charge in [-0.2, -0.15) is 0 Å². The molecule has 27 heavy (non-hydrogen) atoms. The van der Waals surface area contributed by atoms with Crippen LogP contribution in [0.4, 0.5) is 0 Å². The summed E-state index contributed by atoms with van der Waals surface area (Å²) < 4.78 is 5.37. The number of hydrogen-bond donors (Lipinski definition) is 0. The topological polar surface area (TPSA) is 49.9 Å². The van der Waals surface area contributed by atoms with Gasteiger partial charge in [-0.25, -0.2) is 0 Å². The minimum absolute atomic E-state index is 0.0789. The third-order valence-electron chi connectivity index (χ3n) is 6.04. The molecule has 0 spiro atoms. The predicted octanol–water partition coefficient (Wildman–Crippen LogP) is 2.89. The van der Waals surface area contributed by atoms with Crippen LogP contribution in [0.2, 0.25) is 0 Å². The molecule has 1 aromatic rings. The van der Waals surface area contributed by atoms with Crippen molar-refractivity contribution in [3.63, 3.8) is 0 Å². The maximum atomic E-state index is 12.9. The van der Waals surface area contributed by atoms with Gasteiger partial charge in [0, 0.05) is 31.7 Å². The number of carbonyl (C=O) groups is 2. The Morgan fingerprint density at radius 3 is 2.48 bits per heavy atom. The zero-order chi connectivity index (χ0) is 19.6. The summed E-state index contributed by atoms with van der Waals surface area (Å²) in [4.78, 5) is 29.3. The minimum atomic E-state index is 0.0789. The number of Topliss-reactive ketones (excluding diaryl/α,β-unsaturated/α-hetero) is 1. The van der Waals surface area contributed by atoms with Crippen LogP contribution >= 0.6 is 0 Å². The lowest BCUT2D eigenvalue weighted by molar-refractivity contribution is -0.141. The predicted molar refractivity (Wildman–Crippen MR) is 106 cm³/mol. The molecular formula is C22H32N2O3. The zero-order valence-electron chi connectivity index (χ0n) is 17.1. The van der Waals surface area contributed by atoms with Gasteiger partial charge in [-0.1, -0.05) is 6.07 Å². The monoisotopic (exact) mass is 372 g/mol. The van der Waals surface area contributed by atoms with Gasteiger partial charge in [0.05, 0.1) is 19.1 Å². The van der Waals surface area contributed by atoms with Gasteiger partial charge in [0.2, 0.25) is 5.91 Å². The first-order chi connectivity index (χ1) is 12.9. The third kappa shape index (κ3) is 4.41. The van der Waals surface area contributed by atoms with E-state index in [0.29, 0.717) is 26.3 Å². The number of piperidine rings is 1. The highest BCUT2D eigenvalue weighted by Gasteiger charge is 2.30. The lowest BCUT2D eigenvalue weighted by Gasteiger charge is -2.36. The van der Waals surface area contributed by atoms with Crippen molar-refractivity contribution in [2.45, 2.75) is 47.1 Å². The molecule has 5 nitrogen and oxygen atoms in total. The van der Waals surface area contributed by atoms with E-state index in [1.54, 1.807) is 6.92 Å². The number of ketones is 1. The second-order valence-electron chi connectivity index (χ2n) is 8.06. The molecule has 0 bridgehead atoms. The van der Waals surface area contributed by atoms with Gasteiger partial charge < -0.3 is 9.64 Å². The molecule has 1 unspecified atom stereocenters. The van der Waals surface area contributed by atoms with Crippen LogP contribution in [0.3, 0.4) is 0 Å². The van der Waals surface area contributed by atoms with Gasteiger partial charge in [0.25, 0.3) is 0 Å². The minimum Gasteiger partial charge on any atom is -0.378 e. The Morgan fingerprint density at radius 1 is 1.11 bits per heavy atom. The molecule has 148 valence electrons. The van der Waals surface area contributed by atoms with Gasteiger partial charge in [-0.05, 0) is 69.3 Å². The summed E-state index contributed by atoms with van der Waals surface area (Å²) >= 11 is 0. The highest BCUT2D eigenvalue weighted by molar-refractivity contribution is 5.97. The van der Waals surface area contributed by atoms with Crippen molar-refractivity contribution in [2.24, 2.45) is 5.92 Å². The van der Waals surface area contributed by atoms with E-state index in [0.717, 1.165) is 49.2 Å².